The molecule has 2 atom stereocenters. The van der Waals surface area contributed by atoms with Crippen LogP contribution in [-0.2, 0) is 0 Å². The molecule has 2 aliphatic rings. The van der Waals surface area contributed by atoms with E-state index >= 15 is 0 Å². The van der Waals surface area contributed by atoms with Gasteiger partial charge in [0.15, 0.2) is 0 Å². The van der Waals surface area contributed by atoms with Gasteiger partial charge in [0.05, 0.1) is 0 Å². The van der Waals surface area contributed by atoms with Gasteiger partial charge in [-0.1, -0.05) is 13.3 Å². The van der Waals surface area contributed by atoms with Gasteiger partial charge in [-0.05, 0) is 43.4 Å². The van der Waals surface area contributed by atoms with Crippen molar-refractivity contribution in [2.45, 2.75) is 51.5 Å². The number of hydrogen-bond acceptors (Lipinski definition) is 1. The number of rotatable bonds is 1. The van der Waals surface area contributed by atoms with Gasteiger partial charge in [-0.3, -0.25) is 0 Å². The fraction of sp³-hybridized carbons (Fsp3) is 1.00. The molecule has 2 N–H and O–H groups in total. The van der Waals surface area contributed by atoms with Gasteiger partial charge in [0.25, 0.3) is 0 Å². The van der Waals surface area contributed by atoms with Crippen molar-refractivity contribution in [1.29, 1.82) is 0 Å². The quantitative estimate of drug-likeness (QED) is 0.614. The van der Waals surface area contributed by atoms with Crippen LogP contribution in [0.2, 0.25) is 0 Å². The molecule has 0 aromatic heterocycles. The van der Waals surface area contributed by atoms with Crippen molar-refractivity contribution in [3.8, 4) is 0 Å². The van der Waals surface area contributed by atoms with Gasteiger partial charge in [-0.15, -0.1) is 0 Å². The second-order valence-corrected chi connectivity index (χ2v) is 4.68. The van der Waals surface area contributed by atoms with E-state index in [-0.39, 0.29) is 0 Å². The van der Waals surface area contributed by atoms with Crippen molar-refractivity contribution in [3.05, 3.63) is 0 Å². The van der Waals surface area contributed by atoms with E-state index in [4.69, 9.17) is 5.73 Å². The van der Waals surface area contributed by atoms with Crippen LogP contribution in [0, 0.1) is 11.3 Å². The van der Waals surface area contributed by atoms with Gasteiger partial charge >= 0.3 is 0 Å². The smallest absolute Gasteiger partial charge is 0.00467 e. The molecule has 2 saturated carbocycles. The summed E-state index contributed by atoms with van der Waals surface area (Å²) in [5, 5.41) is 0. The Balaban J connectivity index is 1.97. The van der Waals surface area contributed by atoms with Crippen LogP contribution in [0.3, 0.4) is 0 Å². The summed E-state index contributed by atoms with van der Waals surface area (Å²) in [7, 11) is 0. The normalized spacial score (nSPS) is 40.9. The SMILES string of the molecule is CCC1CC(N)CC2(CC2)C1. The van der Waals surface area contributed by atoms with Crippen molar-refractivity contribution in [2.75, 3.05) is 0 Å². The minimum absolute atomic E-state index is 0.524. The molecule has 0 bridgehead atoms. The first kappa shape index (κ1) is 7.60. The third kappa shape index (κ3) is 1.44. The van der Waals surface area contributed by atoms with E-state index in [0.717, 1.165) is 11.3 Å². The zero-order valence-electron chi connectivity index (χ0n) is 7.47. The highest BCUT2D eigenvalue weighted by molar-refractivity contribution is 5.00. The summed E-state index contributed by atoms with van der Waals surface area (Å²) < 4.78 is 0. The highest BCUT2D eigenvalue weighted by Crippen LogP contribution is 2.57. The lowest BCUT2D eigenvalue weighted by Crippen LogP contribution is -2.33. The summed E-state index contributed by atoms with van der Waals surface area (Å²) in [6, 6.07) is 0.524. The minimum atomic E-state index is 0.524. The molecule has 2 rings (SSSR count). The van der Waals surface area contributed by atoms with Crippen LogP contribution in [-0.4, -0.2) is 6.04 Å². The first-order chi connectivity index (χ1) is 5.24. The molecule has 0 radical (unpaired) electrons. The lowest BCUT2D eigenvalue weighted by atomic mass is 9.75. The average Bonchev–Trinajstić information content (AvgIpc) is 2.67. The van der Waals surface area contributed by atoms with Crippen LogP contribution in [0.1, 0.15) is 45.4 Å². The van der Waals surface area contributed by atoms with Crippen LogP contribution in [0.5, 0.6) is 0 Å². The predicted molar refractivity (Wildman–Crippen MR) is 47.3 cm³/mol. The van der Waals surface area contributed by atoms with E-state index in [1.807, 2.05) is 0 Å². The molecule has 0 aromatic rings. The summed E-state index contributed by atoms with van der Waals surface area (Å²) in [6.45, 7) is 2.30. The summed E-state index contributed by atoms with van der Waals surface area (Å²) in [4.78, 5) is 0. The van der Waals surface area contributed by atoms with E-state index in [1.54, 1.807) is 0 Å². The summed E-state index contributed by atoms with van der Waals surface area (Å²) in [5.41, 5.74) is 6.76. The van der Waals surface area contributed by atoms with Crippen molar-refractivity contribution in [3.63, 3.8) is 0 Å². The Morgan fingerprint density at radius 3 is 2.64 bits per heavy atom. The standard InChI is InChI=1S/C10H19N/c1-2-8-5-9(11)7-10(6-8)3-4-10/h8-9H,2-7,11H2,1H3. The highest BCUT2D eigenvalue weighted by atomic mass is 14.7. The van der Waals surface area contributed by atoms with Gasteiger partial charge in [0, 0.05) is 6.04 Å². The fourth-order valence-corrected chi connectivity index (χ4v) is 2.74. The van der Waals surface area contributed by atoms with E-state index in [2.05, 4.69) is 6.92 Å². The van der Waals surface area contributed by atoms with Crippen LogP contribution >= 0.6 is 0 Å². The Labute approximate surface area is 69.4 Å². The van der Waals surface area contributed by atoms with E-state index in [1.165, 1.54) is 38.5 Å². The molecule has 0 aliphatic heterocycles. The lowest BCUT2D eigenvalue weighted by Gasteiger charge is -2.32. The molecule has 2 aliphatic carbocycles. The molecule has 0 amide bonds. The first-order valence-electron chi connectivity index (χ1n) is 5.00. The van der Waals surface area contributed by atoms with Crippen molar-refractivity contribution in [1.82, 2.24) is 0 Å². The fourth-order valence-electron chi connectivity index (χ4n) is 2.74. The molecule has 2 unspecified atom stereocenters. The van der Waals surface area contributed by atoms with E-state index in [9.17, 15) is 0 Å². The van der Waals surface area contributed by atoms with Crippen LogP contribution in [0.4, 0.5) is 0 Å². The molecule has 2 fully saturated rings. The van der Waals surface area contributed by atoms with Gasteiger partial charge in [0.1, 0.15) is 0 Å². The maximum atomic E-state index is 6.02. The number of hydrogen-bond donors (Lipinski definition) is 1. The maximum Gasteiger partial charge on any atom is 0.00467 e. The van der Waals surface area contributed by atoms with Crippen LogP contribution in [0.15, 0.2) is 0 Å². The zero-order valence-corrected chi connectivity index (χ0v) is 7.47. The summed E-state index contributed by atoms with van der Waals surface area (Å²) >= 11 is 0. The van der Waals surface area contributed by atoms with E-state index in [0.29, 0.717) is 6.04 Å². The second-order valence-electron chi connectivity index (χ2n) is 4.68. The molecule has 1 nitrogen and oxygen atoms in total. The zero-order chi connectivity index (χ0) is 7.90. The molecule has 1 heteroatoms. The molecule has 0 heterocycles. The Morgan fingerprint density at radius 2 is 2.09 bits per heavy atom. The third-order valence-electron chi connectivity index (χ3n) is 3.59. The second kappa shape index (κ2) is 2.48. The van der Waals surface area contributed by atoms with Crippen LogP contribution in [0.25, 0.3) is 0 Å². The summed E-state index contributed by atoms with van der Waals surface area (Å²) in [5.74, 6) is 0.946. The first-order valence-corrected chi connectivity index (χ1v) is 5.00. The van der Waals surface area contributed by atoms with Gasteiger partial charge in [-0.25, -0.2) is 0 Å². The Morgan fingerprint density at radius 1 is 1.36 bits per heavy atom. The monoisotopic (exact) mass is 153 g/mol. The molecule has 0 aromatic carbocycles. The van der Waals surface area contributed by atoms with E-state index < -0.39 is 0 Å². The van der Waals surface area contributed by atoms with Crippen molar-refractivity contribution in [2.24, 2.45) is 17.1 Å². The average molecular weight is 153 g/mol. The molecule has 1 spiro atoms. The largest absolute Gasteiger partial charge is 0.328 e. The minimum Gasteiger partial charge on any atom is -0.328 e. The van der Waals surface area contributed by atoms with Gasteiger partial charge in [-0.2, -0.15) is 0 Å². The lowest BCUT2D eigenvalue weighted by molar-refractivity contribution is 0.217. The Hall–Kier alpha value is -0.0400. The molecule has 64 valence electrons. The summed E-state index contributed by atoms with van der Waals surface area (Å²) in [6.07, 6.45) is 8.38. The van der Waals surface area contributed by atoms with Gasteiger partial charge in [0.2, 0.25) is 0 Å². The molecular weight excluding hydrogens is 134 g/mol. The van der Waals surface area contributed by atoms with Crippen molar-refractivity contribution >= 4 is 0 Å². The third-order valence-corrected chi connectivity index (χ3v) is 3.59. The Bertz CT molecular complexity index is 149. The molecule has 11 heavy (non-hydrogen) atoms. The highest BCUT2D eigenvalue weighted by Gasteiger charge is 2.47. The topological polar surface area (TPSA) is 26.0 Å². The molecular formula is C10H19N. The van der Waals surface area contributed by atoms with Gasteiger partial charge < -0.3 is 5.73 Å². The van der Waals surface area contributed by atoms with Crippen LogP contribution < -0.4 is 5.73 Å². The maximum absolute atomic E-state index is 6.02. The van der Waals surface area contributed by atoms with Crippen molar-refractivity contribution < 1.29 is 0 Å². The Kier molecular flexibility index (Phi) is 1.71. The molecule has 0 saturated heterocycles. The predicted octanol–water partition coefficient (Wildman–Crippen LogP) is 2.30. The number of nitrogens with two attached hydrogens (primary N) is 1.